The van der Waals surface area contributed by atoms with Crippen molar-refractivity contribution in [2.75, 3.05) is 39.6 Å². The molecule has 2 aliphatic carbocycles. The van der Waals surface area contributed by atoms with E-state index in [-0.39, 0.29) is 0 Å². The third-order valence-corrected chi connectivity index (χ3v) is 5.74. The van der Waals surface area contributed by atoms with E-state index in [4.69, 9.17) is 14.2 Å². The van der Waals surface area contributed by atoms with E-state index in [1.54, 1.807) is 0 Å². The maximum Gasteiger partial charge on any atom is 0.0701 e. The van der Waals surface area contributed by atoms with Crippen LogP contribution in [0.3, 0.4) is 0 Å². The third kappa shape index (κ3) is 2.10. The fourth-order valence-electron chi connectivity index (χ4n) is 4.56. The highest BCUT2D eigenvalue weighted by molar-refractivity contribution is 5.05. The van der Waals surface area contributed by atoms with Gasteiger partial charge in [-0.15, -0.1) is 0 Å². The number of fused-ring (bicyclic) bond motifs is 3. The second-order valence-corrected chi connectivity index (χ2v) is 6.60. The Kier molecular flexibility index (Phi) is 3.65. The topological polar surface area (TPSA) is 27.7 Å². The molecule has 0 radical (unpaired) electrons. The van der Waals surface area contributed by atoms with Crippen molar-refractivity contribution in [2.24, 2.45) is 29.1 Å². The van der Waals surface area contributed by atoms with Gasteiger partial charge in [-0.2, -0.15) is 0 Å². The van der Waals surface area contributed by atoms with Crippen LogP contribution in [0.15, 0.2) is 0 Å². The summed E-state index contributed by atoms with van der Waals surface area (Å²) in [5.74, 6) is 3.42. The van der Waals surface area contributed by atoms with Gasteiger partial charge in [0.05, 0.1) is 39.6 Å². The van der Waals surface area contributed by atoms with Crippen LogP contribution in [-0.2, 0) is 14.2 Å². The van der Waals surface area contributed by atoms with Crippen molar-refractivity contribution < 1.29 is 14.2 Å². The molecule has 2 saturated carbocycles. The van der Waals surface area contributed by atoms with Gasteiger partial charge in [0.2, 0.25) is 0 Å². The molecule has 1 heterocycles. The summed E-state index contributed by atoms with van der Waals surface area (Å²) in [5.41, 5.74) is 0.300. The molecule has 3 nitrogen and oxygen atoms in total. The van der Waals surface area contributed by atoms with Crippen LogP contribution in [0.25, 0.3) is 0 Å². The molecule has 3 fully saturated rings. The van der Waals surface area contributed by atoms with E-state index in [0.717, 1.165) is 50.1 Å². The van der Waals surface area contributed by atoms with Gasteiger partial charge in [0.15, 0.2) is 0 Å². The summed E-state index contributed by atoms with van der Waals surface area (Å²) in [6.45, 7) is 9.49. The van der Waals surface area contributed by atoms with Crippen LogP contribution in [0.1, 0.15) is 26.7 Å². The number of hydrogen-bond donors (Lipinski definition) is 0. The number of ether oxygens (including phenoxy) is 3. The molecule has 3 heteroatoms. The summed E-state index contributed by atoms with van der Waals surface area (Å²) in [5, 5.41) is 0. The van der Waals surface area contributed by atoms with Crippen LogP contribution in [0, 0.1) is 29.1 Å². The SMILES string of the molecule is CC1C2CC(C1C)C1(COCCOCCOC1)C2. The smallest absolute Gasteiger partial charge is 0.0701 e. The molecule has 18 heavy (non-hydrogen) atoms. The Morgan fingerprint density at radius 1 is 0.833 bits per heavy atom. The molecule has 0 amide bonds. The van der Waals surface area contributed by atoms with Crippen molar-refractivity contribution in [3.05, 3.63) is 0 Å². The van der Waals surface area contributed by atoms with E-state index in [1.807, 2.05) is 0 Å². The molecule has 1 aliphatic heterocycles. The molecule has 3 rings (SSSR count). The standard InChI is InChI=1S/C15H26O3/c1-11-12(2)14-7-13(11)8-15(14)9-17-5-3-16-4-6-18-10-15/h11-14H,3-10H2,1-2H3. The van der Waals surface area contributed by atoms with E-state index in [0.29, 0.717) is 18.6 Å². The Bertz CT molecular complexity index is 279. The quantitative estimate of drug-likeness (QED) is 0.664. The van der Waals surface area contributed by atoms with Crippen molar-refractivity contribution in [3.8, 4) is 0 Å². The minimum absolute atomic E-state index is 0.300. The van der Waals surface area contributed by atoms with E-state index >= 15 is 0 Å². The highest BCUT2D eigenvalue weighted by Crippen LogP contribution is 2.61. The molecule has 0 aromatic rings. The fraction of sp³-hybridized carbons (Fsp3) is 1.00. The van der Waals surface area contributed by atoms with Crippen LogP contribution < -0.4 is 0 Å². The summed E-state index contributed by atoms with van der Waals surface area (Å²) in [6.07, 6.45) is 2.70. The predicted octanol–water partition coefficient (Wildman–Crippen LogP) is 2.35. The van der Waals surface area contributed by atoms with Crippen molar-refractivity contribution in [2.45, 2.75) is 26.7 Å². The van der Waals surface area contributed by atoms with Crippen LogP contribution in [0.2, 0.25) is 0 Å². The fourth-order valence-corrected chi connectivity index (χ4v) is 4.56. The van der Waals surface area contributed by atoms with Gasteiger partial charge in [0.1, 0.15) is 0 Å². The lowest BCUT2D eigenvalue weighted by Crippen LogP contribution is -2.43. The van der Waals surface area contributed by atoms with Crippen LogP contribution in [-0.4, -0.2) is 39.6 Å². The average Bonchev–Trinajstić information content (AvgIpc) is 2.87. The highest BCUT2D eigenvalue weighted by atomic mass is 16.5. The van der Waals surface area contributed by atoms with Crippen molar-refractivity contribution >= 4 is 0 Å². The molecule has 1 saturated heterocycles. The lowest BCUT2D eigenvalue weighted by molar-refractivity contribution is -0.102. The van der Waals surface area contributed by atoms with Gasteiger partial charge in [-0.25, -0.2) is 0 Å². The predicted molar refractivity (Wildman–Crippen MR) is 69.4 cm³/mol. The van der Waals surface area contributed by atoms with E-state index < -0.39 is 0 Å². The van der Waals surface area contributed by atoms with Crippen molar-refractivity contribution in [1.29, 1.82) is 0 Å². The molecule has 3 aliphatic rings. The maximum atomic E-state index is 5.88. The first-order valence-corrected chi connectivity index (χ1v) is 7.46. The molecular weight excluding hydrogens is 228 g/mol. The van der Waals surface area contributed by atoms with Gasteiger partial charge in [-0.1, -0.05) is 13.8 Å². The Hall–Kier alpha value is -0.120. The number of hydrogen-bond acceptors (Lipinski definition) is 3. The van der Waals surface area contributed by atoms with Crippen LogP contribution >= 0.6 is 0 Å². The largest absolute Gasteiger partial charge is 0.378 e. The maximum absolute atomic E-state index is 5.88. The Balaban J connectivity index is 1.71. The molecule has 104 valence electrons. The molecule has 0 aromatic heterocycles. The van der Waals surface area contributed by atoms with Crippen LogP contribution in [0.4, 0.5) is 0 Å². The summed E-state index contributed by atoms with van der Waals surface area (Å²) in [4.78, 5) is 0. The molecule has 4 unspecified atom stereocenters. The minimum Gasteiger partial charge on any atom is -0.378 e. The third-order valence-electron chi connectivity index (χ3n) is 5.74. The van der Waals surface area contributed by atoms with E-state index in [2.05, 4.69) is 13.8 Å². The summed E-state index contributed by atoms with van der Waals surface area (Å²) in [6, 6.07) is 0. The molecule has 4 atom stereocenters. The second kappa shape index (κ2) is 5.10. The molecule has 0 aromatic carbocycles. The Labute approximate surface area is 110 Å². The number of rotatable bonds is 0. The lowest BCUT2D eigenvalue weighted by atomic mass is 9.66. The molecular formula is C15H26O3. The van der Waals surface area contributed by atoms with Crippen molar-refractivity contribution in [3.63, 3.8) is 0 Å². The summed E-state index contributed by atoms with van der Waals surface area (Å²) >= 11 is 0. The summed E-state index contributed by atoms with van der Waals surface area (Å²) in [7, 11) is 0. The van der Waals surface area contributed by atoms with Gasteiger partial charge in [-0.3, -0.25) is 0 Å². The van der Waals surface area contributed by atoms with Gasteiger partial charge in [0.25, 0.3) is 0 Å². The van der Waals surface area contributed by atoms with Gasteiger partial charge in [-0.05, 0) is 36.5 Å². The molecule has 0 N–H and O–H groups in total. The second-order valence-electron chi connectivity index (χ2n) is 6.60. The zero-order valence-electron chi connectivity index (χ0n) is 11.7. The Morgan fingerprint density at radius 2 is 1.44 bits per heavy atom. The lowest BCUT2D eigenvalue weighted by Gasteiger charge is -2.43. The Morgan fingerprint density at radius 3 is 2.00 bits per heavy atom. The summed E-state index contributed by atoms with van der Waals surface area (Å²) < 4.78 is 17.2. The first-order chi connectivity index (χ1) is 8.73. The van der Waals surface area contributed by atoms with Crippen LogP contribution in [0.5, 0.6) is 0 Å². The molecule has 1 spiro atoms. The van der Waals surface area contributed by atoms with E-state index in [1.165, 1.54) is 12.8 Å². The zero-order valence-corrected chi connectivity index (χ0v) is 11.7. The average molecular weight is 254 g/mol. The minimum atomic E-state index is 0.300. The van der Waals surface area contributed by atoms with Gasteiger partial charge in [0, 0.05) is 5.41 Å². The zero-order chi connectivity index (χ0) is 12.6. The molecule has 2 bridgehead atoms. The first kappa shape index (κ1) is 12.9. The van der Waals surface area contributed by atoms with Gasteiger partial charge < -0.3 is 14.2 Å². The normalized spacial score (nSPS) is 44.3. The first-order valence-electron chi connectivity index (χ1n) is 7.46. The van der Waals surface area contributed by atoms with Crippen molar-refractivity contribution in [1.82, 2.24) is 0 Å². The monoisotopic (exact) mass is 254 g/mol. The van der Waals surface area contributed by atoms with Gasteiger partial charge >= 0.3 is 0 Å². The van der Waals surface area contributed by atoms with E-state index in [9.17, 15) is 0 Å². The highest BCUT2D eigenvalue weighted by Gasteiger charge is 2.57.